The minimum absolute atomic E-state index is 0. The molecular formula is C9H7ClN3O2-. The van der Waals surface area contributed by atoms with E-state index in [0.29, 0.717) is 5.69 Å². The van der Waals surface area contributed by atoms with Crippen LogP contribution in [-0.2, 0) is 0 Å². The molecule has 0 radical (unpaired) electrons. The van der Waals surface area contributed by atoms with Gasteiger partial charge in [0.05, 0.1) is 5.69 Å². The van der Waals surface area contributed by atoms with E-state index in [4.69, 9.17) is 5.11 Å². The zero-order valence-electron chi connectivity index (χ0n) is 7.51. The molecular weight excluding hydrogens is 218 g/mol. The van der Waals surface area contributed by atoms with E-state index >= 15 is 0 Å². The highest BCUT2D eigenvalue weighted by atomic mass is 35.5. The monoisotopic (exact) mass is 224 g/mol. The molecule has 0 unspecified atom stereocenters. The zero-order chi connectivity index (χ0) is 9.97. The molecule has 0 saturated heterocycles. The predicted octanol–water partition coefficient (Wildman–Crippen LogP) is -1.83. The van der Waals surface area contributed by atoms with E-state index in [1.165, 1.54) is 6.07 Å². The largest absolute Gasteiger partial charge is 1.00 e. The van der Waals surface area contributed by atoms with Crippen molar-refractivity contribution in [3.63, 3.8) is 0 Å². The molecule has 0 amide bonds. The van der Waals surface area contributed by atoms with E-state index in [1.54, 1.807) is 24.5 Å². The number of nitrogens with zero attached hydrogens (tertiary/aromatic N) is 2. The average Bonchev–Trinajstić information content (AvgIpc) is 2.68. The van der Waals surface area contributed by atoms with Crippen LogP contribution in [-0.4, -0.2) is 26.3 Å². The fourth-order valence-corrected chi connectivity index (χ4v) is 1.10. The first-order chi connectivity index (χ1) is 6.77. The van der Waals surface area contributed by atoms with Gasteiger partial charge in [-0.3, -0.25) is 10.1 Å². The second-order valence-corrected chi connectivity index (χ2v) is 2.71. The molecule has 5 nitrogen and oxygen atoms in total. The Kier molecular flexibility index (Phi) is 3.41. The third-order valence-electron chi connectivity index (χ3n) is 1.78. The Morgan fingerprint density at radius 1 is 1.33 bits per heavy atom. The summed E-state index contributed by atoms with van der Waals surface area (Å²) in [6, 6.07) is 5.02. The Morgan fingerprint density at radius 2 is 2.00 bits per heavy atom. The third kappa shape index (κ3) is 2.32. The van der Waals surface area contributed by atoms with Crippen LogP contribution in [0.3, 0.4) is 0 Å². The molecule has 0 bridgehead atoms. The Hall–Kier alpha value is -1.88. The number of aromatic amines is 1. The number of rotatable bonds is 2. The fraction of sp³-hybridized carbons (Fsp3) is 0. The standard InChI is InChI=1S/C9H7N3O2.ClH/c13-9(14)8-5-7(11-12-8)6-1-3-10-4-2-6;/h1-5H,(H,11,12)(H,13,14);1H/p-1. The lowest BCUT2D eigenvalue weighted by Gasteiger charge is -1.91. The van der Waals surface area contributed by atoms with Crippen molar-refractivity contribution < 1.29 is 22.3 Å². The van der Waals surface area contributed by atoms with Crippen molar-refractivity contribution in [2.45, 2.75) is 0 Å². The Labute approximate surface area is 91.6 Å². The number of aromatic carboxylic acids is 1. The van der Waals surface area contributed by atoms with Gasteiger partial charge in [0.2, 0.25) is 0 Å². The van der Waals surface area contributed by atoms with Crippen molar-refractivity contribution in [2.75, 3.05) is 0 Å². The first-order valence-corrected chi connectivity index (χ1v) is 3.96. The van der Waals surface area contributed by atoms with Crippen LogP contribution in [0.15, 0.2) is 30.6 Å². The second kappa shape index (κ2) is 4.56. The molecule has 0 atom stereocenters. The van der Waals surface area contributed by atoms with Crippen LogP contribution in [0, 0.1) is 0 Å². The molecule has 6 heteroatoms. The lowest BCUT2D eigenvalue weighted by molar-refractivity contribution is -0.0000185. The van der Waals surface area contributed by atoms with Crippen LogP contribution >= 0.6 is 0 Å². The van der Waals surface area contributed by atoms with Crippen LogP contribution in [0.1, 0.15) is 10.5 Å². The molecule has 2 aromatic heterocycles. The molecule has 0 aliphatic heterocycles. The molecule has 78 valence electrons. The van der Waals surface area contributed by atoms with Crippen LogP contribution in [0.4, 0.5) is 0 Å². The van der Waals surface area contributed by atoms with E-state index < -0.39 is 5.97 Å². The Balaban J connectivity index is 0.00000112. The molecule has 0 spiro atoms. The topological polar surface area (TPSA) is 78.9 Å². The minimum atomic E-state index is -1.02. The van der Waals surface area contributed by atoms with Crippen LogP contribution in [0.5, 0.6) is 0 Å². The van der Waals surface area contributed by atoms with Gasteiger partial charge in [-0.2, -0.15) is 5.10 Å². The molecule has 0 aliphatic carbocycles. The number of hydrogen-bond donors (Lipinski definition) is 2. The van der Waals surface area contributed by atoms with Crippen LogP contribution < -0.4 is 12.4 Å². The first kappa shape index (κ1) is 11.2. The second-order valence-electron chi connectivity index (χ2n) is 2.71. The summed E-state index contributed by atoms with van der Waals surface area (Å²) in [5.41, 5.74) is 1.52. The maximum Gasteiger partial charge on any atom is 0.353 e. The van der Waals surface area contributed by atoms with Gasteiger partial charge < -0.3 is 17.5 Å². The summed E-state index contributed by atoms with van der Waals surface area (Å²) in [6.45, 7) is 0. The number of carboxylic acids is 1. The molecule has 2 rings (SSSR count). The number of carbonyl (C=O) groups is 1. The first-order valence-electron chi connectivity index (χ1n) is 3.96. The van der Waals surface area contributed by atoms with Gasteiger partial charge in [-0.15, -0.1) is 0 Å². The van der Waals surface area contributed by atoms with Gasteiger partial charge in [0.25, 0.3) is 0 Å². The molecule has 0 saturated carbocycles. The van der Waals surface area contributed by atoms with Gasteiger partial charge in [0.1, 0.15) is 5.69 Å². The summed E-state index contributed by atoms with van der Waals surface area (Å²) in [6.07, 6.45) is 3.26. The lowest BCUT2D eigenvalue weighted by Crippen LogP contribution is -3.00. The van der Waals surface area contributed by atoms with Gasteiger partial charge in [-0.1, -0.05) is 0 Å². The van der Waals surface area contributed by atoms with Crippen molar-refractivity contribution in [2.24, 2.45) is 0 Å². The quantitative estimate of drug-likeness (QED) is 0.629. The number of hydrogen-bond acceptors (Lipinski definition) is 3. The maximum atomic E-state index is 10.6. The summed E-state index contributed by atoms with van der Waals surface area (Å²) in [5.74, 6) is -1.02. The molecule has 2 N–H and O–H groups in total. The molecule has 2 heterocycles. The molecule has 0 aliphatic rings. The number of nitrogens with one attached hydrogen (secondary N) is 1. The SMILES string of the molecule is O=C(O)c1cc(-c2ccncc2)n[nH]1.[Cl-]. The average molecular weight is 225 g/mol. The van der Waals surface area contributed by atoms with E-state index in [9.17, 15) is 4.79 Å². The summed E-state index contributed by atoms with van der Waals surface area (Å²) in [5, 5.41) is 15.0. The molecule has 0 fully saturated rings. The van der Waals surface area contributed by atoms with Crippen molar-refractivity contribution in [3.05, 3.63) is 36.3 Å². The zero-order valence-corrected chi connectivity index (χ0v) is 8.27. The highest BCUT2D eigenvalue weighted by Gasteiger charge is 2.08. The van der Waals surface area contributed by atoms with Crippen molar-refractivity contribution in [1.82, 2.24) is 15.2 Å². The Morgan fingerprint density at radius 3 is 2.53 bits per heavy atom. The van der Waals surface area contributed by atoms with Crippen LogP contribution in [0.2, 0.25) is 0 Å². The van der Waals surface area contributed by atoms with Crippen molar-refractivity contribution in [1.29, 1.82) is 0 Å². The van der Waals surface area contributed by atoms with Crippen molar-refractivity contribution >= 4 is 5.97 Å². The van der Waals surface area contributed by atoms with Crippen LogP contribution in [0.25, 0.3) is 11.3 Å². The smallest absolute Gasteiger partial charge is 0.353 e. The normalized spacial score (nSPS) is 9.33. The van der Waals surface area contributed by atoms with Gasteiger partial charge >= 0.3 is 5.97 Å². The van der Waals surface area contributed by atoms with Gasteiger partial charge in [0, 0.05) is 18.0 Å². The van der Waals surface area contributed by atoms with Gasteiger partial charge in [-0.05, 0) is 18.2 Å². The van der Waals surface area contributed by atoms with Gasteiger partial charge in [-0.25, -0.2) is 4.79 Å². The van der Waals surface area contributed by atoms with Crippen molar-refractivity contribution in [3.8, 4) is 11.3 Å². The van der Waals surface area contributed by atoms with E-state index in [0.717, 1.165) is 5.56 Å². The number of carboxylic acid groups (broad SMARTS) is 1. The summed E-state index contributed by atoms with van der Waals surface area (Å²) in [7, 11) is 0. The predicted molar refractivity (Wildman–Crippen MR) is 48.8 cm³/mol. The fourth-order valence-electron chi connectivity index (χ4n) is 1.10. The van der Waals surface area contributed by atoms with E-state index in [2.05, 4.69) is 15.2 Å². The molecule has 0 aromatic carbocycles. The highest BCUT2D eigenvalue weighted by Crippen LogP contribution is 2.15. The molecule has 15 heavy (non-hydrogen) atoms. The lowest BCUT2D eigenvalue weighted by atomic mass is 10.2. The summed E-state index contributed by atoms with van der Waals surface area (Å²) in [4.78, 5) is 14.4. The summed E-state index contributed by atoms with van der Waals surface area (Å²) < 4.78 is 0. The van der Waals surface area contributed by atoms with E-state index in [1.807, 2.05) is 0 Å². The third-order valence-corrected chi connectivity index (χ3v) is 1.78. The minimum Gasteiger partial charge on any atom is -1.00 e. The maximum absolute atomic E-state index is 10.6. The number of H-pyrrole nitrogens is 1. The van der Waals surface area contributed by atoms with Gasteiger partial charge in [0.15, 0.2) is 0 Å². The molecule has 2 aromatic rings. The number of aromatic nitrogens is 3. The summed E-state index contributed by atoms with van der Waals surface area (Å²) >= 11 is 0. The van der Waals surface area contributed by atoms with E-state index in [-0.39, 0.29) is 18.1 Å². The Bertz CT molecular complexity index is 455. The highest BCUT2D eigenvalue weighted by molar-refractivity contribution is 5.86. The number of pyridine rings is 1. The number of halogens is 1.